The summed E-state index contributed by atoms with van der Waals surface area (Å²) in [5, 5.41) is 13.0. The van der Waals surface area contributed by atoms with Crippen LogP contribution in [0.3, 0.4) is 0 Å². The molecule has 0 heterocycles. The number of nitrogen functional groups attached to an aromatic ring is 1. The lowest BCUT2D eigenvalue weighted by molar-refractivity contribution is 0.102. The minimum absolute atomic E-state index is 0.122. The highest BCUT2D eigenvalue weighted by atomic mass is 35.5. The summed E-state index contributed by atoms with van der Waals surface area (Å²) in [6.45, 7) is 1.87. The quantitative estimate of drug-likeness (QED) is 0.582. The largest absolute Gasteiger partial charge is 0.505 e. The number of carbonyl (C=O) groups is 1. The number of benzene rings is 2. The molecule has 0 unspecified atom stereocenters. The number of halogens is 1. The van der Waals surface area contributed by atoms with Crippen molar-refractivity contribution in [2.24, 2.45) is 0 Å². The normalized spacial score (nSPS) is 10.2. The minimum Gasteiger partial charge on any atom is -0.505 e. The van der Waals surface area contributed by atoms with Crippen molar-refractivity contribution in [3.8, 4) is 5.75 Å². The number of rotatable bonds is 2. The van der Waals surface area contributed by atoms with Gasteiger partial charge in [0.15, 0.2) is 5.75 Å². The molecule has 0 bridgehead atoms. The van der Waals surface area contributed by atoms with E-state index in [-0.39, 0.29) is 17.0 Å². The van der Waals surface area contributed by atoms with Gasteiger partial charge in [-0.15, -0.1) is 0 Å². The number of hydrogen-bond donors (Lipinski definition) is 3. The van der Waals surface area contributed by atoms with Crippen LogP contribution in [0.5, 0.6) is 5.75 Å². The fourth-order valence-electron chi connectivity index (χ4n) is 1.61. The number of hydrogen-bond acceptors (Lipinski definition) is 3. The van der Waals surface area contributed by atoms with Crippen LogP contribution in [-0.2, 0) is 0 Å². The van der Waals surface area contributed by atoms with Gasteiger partial charge in [0.1, 0.15) is 0 Å². The third kappa shape index (κ3) is 2.80. The van der Waals surface area contributed by atoms with Gasteiger partial charge in [0.25, 0.3) is 5.91 Å². The van der Waals surface area contributed by atoms with E-state index < -0.39 is 5.91 Å². The van der Waals surface area contributed by atoms with E-state index in [0.29, 0.717) is 10.7 Å². The van der Waals surface area contributed by atoms with Gasteiger partial charge in [-0.1, -0.05) is 23.7 Å². The first-order valence-corrected chi connectivity index (χ1v) is 6.02. The Morgan fingerprint density at radius 3 is 2.74 bits per heavy atom. The number of nitrogens with one attached hydrogen (secondary N) is 1. The molecule has 2 aromatic carbocycles. The van der Waals surface area contributed by atoms with Crippen LogP contribution < -0.4 is 11.1 Å². The Bertz CT molecular complexity index is 641. The maximum atomic E-state index is 12.0. The van der Waals surface area contributed by atoms with Crippen molar-refractivity contribution in [3.05, 3.63) is 52.5 Å². The Balaban J connectivity index is 2.26. The lowest BCUT2D eigenvalue weighted by atomic mass is 10.1. The number of aryl methyl sites for hydroxylation is 1. The molecular weight excluding hydrogens is 264 g/mol. The van der Waals surface area contributed by atoms with Gasteiger partial charge in [0.2, 0.25) is 0 Å². The standard InChI is InChI=1S/C14H13ClN2O2/c1-8-5-6-9(7-11(8)15)17-14(19)10-3-2-4-12(16)13(10)18/h2-7,18H,16H2,1H3,(H,17,19). The minimum atomic E-state index is -0.440. The molecule has 0 aromatic heterocycles. The monoisotopic (exact) mass is 276 g/mol. The second kappa shape index (κ2) is 5.20. The van der Waals surface area contributed by atoms with E-state index in [4.69, 9.17) is 17.3 Å². The van der Waals surface area contributed by atoms with E-state index in [1.54, 1.807) is 24.3 Å². The van der Waals surface area contributed by atoms with E-state index in [0.717, 1.165) is 5.56 Å². The molecule has 4 nitrogen and oxygen atoms in total. The molecule has 2 rings (SSSR count). The molecule has 0 atom stereocenters. The average Bonchev–Trinajstić information content (AvgIpc) is 2.37. The van der Waals surface area contributed by atoms with Gasteiger partial charge in [0, 0.05) is 10.7 Å². The van der Waals surface area contributed by atoms with Crippen LogP contribution in [0, 0.1) is 6.92 Å². The lowest BCUT2D eigenvalue weighted by Gasteiger charge is -2.09. The Hall–Kier alpha value is -2.20. The van der Waals surface area contributed by atoms with Crippen molar-refractivity contribution < 1.29 is 9.90 Å². The molecule has 1 amide bonds. The summed E-state index contributed by atoms with van der Waals surface area (Å²) in [6, 6.07) is 9.81. The molecule has 5 heteroatoms. The summed E-state index contributed by atoms with van der Waals surface area (Å²) in [6.07, 6.45) is 0. The number of phenols is 1. The first-order valence-electron chi connectivity index (χ1n) is 5.64. The molecule has 98 valence electrons. The average molecular weight is 277 g/mol. The first kappa shape index (κ1) is 13.2. The first-order chi connectivity index (χ1) is 8.99. The molecule has 0 aliphatic carbocycles. The van der Waals surface area contributed by atoms with E-state index in [1.165, 1.54) is 12.1 Å². The smallest absolute Gasteiger partial charge is 0.259 e. The lowest BCUT2D eigenvalue weighted by Crippen LogP contribution is -2.12. The van der Waals surface area contributed by atoms with Gasteiger partial charge in [-0.05, 0) is 36.8 Å². The van der Waals surface area contributed by atoms with Crippen molar-refractivity contribution >= 4 is 28.9 Å². The zero-order chi connectivity index (χ0) is 14.0. The molecule has 4 N–H and O–H groups in total. The second-order valence-electron chi connectivity index (χ2n) is 4.16. The molecule has 0 saturated carbocycles. The van der Waals surface area contributed by atoms with Crippen molar-refractivity contribution in [3.63, 3.8) is 0 Å². The molecule has 0 aliphatic heterocycles. The topological polar surface area (TPSA) is 75.4 Å². The summed E-state index contributed by atoms with van der Waals surface area (Å²) in [5.74, 6) is -0.664. The predicted molar refractivity (Wildman–Crippen MR) is 76.7 cm³/mol. The second-order valence-corrected chi connectivity index (χ2v) is 4.57. The number of amides is 1. The zero-order valence-corrected chi connectivity index (χ0v) is 11.0. The zero-order valence-electron chi connectivity index (χ0n) is 10.3. The van der Waals surface area contributed by atoms with Gasteiger partial charge >= 0.3 is 0 Å². The van der Waals surface area contributed by atoms with Crippen LogP contribution in [0.15, 0.2) is 36.4 Å². The van der Waals surface area contributed by atoms with Gasteiger partial charge in [-0.3, -0.25) is 4.79 Å². The van der Waals surface area contributed by atoms with Crippen molar-refractivity contribution in [1.82, 2.24) is 0 Å². The van der Waals surface area contributed by atoms with Gasteiger partial charge in [-0.25, -0.2) is 0 Å². The number of carbonyl (C=O) groups excluding carboxylic acids is 1. The number of nitrogens with two attached hydrogens (primary N) is 1. The Kier molecular flexibility index (Phi) is 3.62. The van der Waals surface area contributed by atoms with Crippen molar-refractivity contribution in [2.75, 3.05) is 11.1 Å². The summed E-state index contributed by atoms with van der Waals surface area (Å²) >= 11 is 5.98. The van der Waals surface area contributed by atoms with Crippen LogP contribution in [0.4, 0.5) is 11.4 Å². The van der Waals surface area contributed by atoms with Crippen molar-refractivity contribution in [2.45, 2.75) is 6.92 Å². The molecule has 2 aromatic rings. The Morgan fingerprint density at radius 1 is 1.32 bits per heavy atom. The van der Waals surface area contributed by atoms with E-state index in [2.05, 4.69) is 5.32 Å². The van der Waals surface area contributed by atoms with Crippen LogP contribution in [0.2, 0.25) is 5.02 Å². The number of anilines is 2. The fourth-order valence-corrected chi connectivity index (χ4v) is 1.79. The molecule has 0 saturated heterocycles. The molecule has 0 radical (unpaired) electrons. The number of phenolic OH excluding ortho intramolecular Hbond substituents is 1. The third-order valence-corrected chi connectivity index (χ3v) is 3.15. The summed E-state index contributed by atoms with van der Waals surface area (Å²) in [7, 11) is 0. The SMILES string of the molecule is Cc1ccc(NC(=O)c2cccc(N)c2O)cc1Cl. The summed E-state index contributed by atoms with van der Waals surface area (Å²) in [4.78, 5) is 12.0. The number of aromatic hydroxyl groups is 1. The van der Waals surface area contributed by atoms with Crippen LogP contribution >= 0.6 is 11.6 Å². The molecule has 19 heavy (non-hydrogen) atoms. The van der Waals surface area contributed by atoms with Crippen molar-refractivity contribution in [1.29, 1.82) is 0 Å². The van der Waals surface area contributed by atoms with Gasteiger partial charge in [0.05, 0.1) is 11.3 Å². The molecule has 0 spiro atoms. The van der Waals surface area contributed by atoms with Gasteiger partial charge < -0.3 is 16.2 Å². The highest BCUT2D eigenvalue weighted by Gasteiger charge is 2.13. The van der Waals surface area contributed by atoms with Crippen LogP contribution in [0.25, 0.3) is 0 Å². The molecule has 0 fully saturated rings. The highest BCUT2D eigenvalue weighted by Crippen LogP contribution is 2.26. The third-order valence-electron chi connectivity index (χ3n) is 2.74. The van der Waals surface area contributed by atoms with Gasteiger partial charge in [-0.2, -0.15) is 0 Å². The molecular formula is C14H13ClN2O2. The van der Waals surface area contributed by atoms with E-state index in [1.807, 2.05) is 6.92 Å². The Morgan fingerprint density at radius 2 is 2.05 bits per heavy atom. The summed E-state index contributed by atoms with van der Waals surface area (Å²) < 4.78 is 0. The summed E-state index contributed by atoms with van der Waals surface area (Å²) in [5.41, 5.74) is 7.31. The van der Waals surface area contributed by atoms with E-state index in [9.17, 15) is 9.90 Å². The predicted octanol–water partition coefficient (Wildman–Crippen LogP) is 3.19. The maximum Gasteiger partial charge on any atom is 0.259 e. The number of para-hydroxylation sites is 1. The fraction of sp³-hybridized carbons (Fsp3) is 0.0714. The molecule has 0 aliphatic rings. The Labute approximate surface area is 115 Å². The van der Waals surface area contributed by atoms with E-state index >= 15 is 0 Å². The van der Waals surface area contributed by atoms with Crippen LogP contribution in [-0.4, -0.2) is 11.0 Å². The maximum absolute atomic E-state index is 12.0. The highest BCUT2D eigenvalue weighted by molar-refractivity contribution is 6.31. The van der Waals surface area contributed by atoms with Crippen LogP contribution in [0.1, 0.15) is 15.9 Å².